The Bertz CT molecular complexity index is 677. The van der Waals surface area contributed by atoms with Gasteiger partial charge in [-0.15, -0.1) is 0 Å². The SMILES string of the molecule is CC(C)(C)OC(=O)NCC1CCN(C(=O)[C@H]2COc3ccccc3O2)CC1. The standard InChI is InChI=1S/C20H28N2O5/c1-20(2,3)27-19(24)21-12-14-8-10-22(11-9-14)18(23)17-13-25-15-6-4-5-7-16(15)26-17/h4-7,14,17H,8-13H2,1-3H3,(H,21,24)/t17-/m1/s1. The number of piperidine rings is 1. The van der Waals surface area contributed by atoms with Crippen LogP contribution in [0.25, 0.3) is 0 Å². The third kappa shape index (κ3) is 5.28. The summed E-state index contributed by atoms with van der Waals surface area (Å²) in [5.41, 5.74) is -0.499. The number of ether oxygens (including phenoxy) is 3. The second-order valence-corrected chi connectivity index (χ2v) is 8.02. The molecular formula is C20H28N2O5. The highest BCUT2D eigenvalue weighted by Crippen LogP contribution is 2.31. The van der Waals surface area contributed by atoms with Crippen LogP contribution in [0.1, 0.15) is 33.6 Å². The van der Waals surface area contributed by atoms with Crippen LogP contribution < -0.4 is 14.8 Å². The minimum atomic E-state index is -0.601. The van der Waals surface area contributed by atoms with Crippen LogP contribution in [0.4, 0.5) is 4.79 Å². The molecule has 1 atom stereocenters. The van der Waals surface area contributed by atoms with E-state index in [0.29, 0.717) is 37.1 Å². The van der Waals surface area contributed by atoms with E-state index in [0.717, 1.165) is 12.8 Å². The van der Waals surface area contributed by atoms with Gasteiger partial charge in [-0.2, -0.15) is 0 Å². The van der Waals surface area contributed by atoms with Gasteiger partial charge in [0.1, 0.15) is 12.2 Å². The molecule has 1 aromatic rings. The van der Waals surface area contributed by atoms with Gasteiger partial charge in [-0.05, 0) is 51.7 Å². The van der Waals surface area contributed by atoms with Crippen molar-refractivity contribution in [2.24, 2.45) is 5.92 Å². The molecule has 2 heterocycles. The number of benzene rings is 1. The molecule has 1 N–H and O–H groups in total. The average molecular weight is 376 g/mol. The molecular weight excluding hydrogens is 348 g/mol. The third-order valence-electron chi connectivity index (χ3n) is 4.64. The number of hydrogen-bond donors (Lipinski definition) is 1. The van der Waals surface area contributed by atoms with Gasteiger partial charge in [0.2, 0.25) is 6.10 Å². The van der Waals surface area contributed by atoms with Crippen molar-refractivity contribution < 1.29 is 23.8 Å². The molecule has 2 aliphatic heterocycles. The summed E-state index contributed by atoms with van der Waals surface area (Å²) in [5.74, 6) is 1.58. The lowest BCUT2D eigenvalue weighted by atomic mass is 9.96. The molecule has 148 valence electrons. The molecule has 0 aromatic heterocycles. The molecule has 0 saturated carbocycles. The number of nitrogens with zero attached hydrogens (tertiary/aromatic N) is 1. The Morgan fingerprint density at radius 2 is 1.85 bits per heavy atom. The van der Waals surface area contributed by atoms with Crippen LogP contribution in [0.2, 0.25) is 0 Å². The average Bonchev–Trinajstić information content (AvgIpc) is 2.64. The molecule has 7 nitrogen and oxygen atoms in total. The monoisotopic (exact) mass is 376 g/mol. The molecule has 0 bridgehead atoms. The third-order valence-corrected chi connectivity index (χ3v) is 4.64. The summed E-state index contributed by atoms with van der Waals surface area (Å²) in [6, 6.07) is 7.38. The Hall–Kier alpha value is -2.44. The Balaban J connectivity index is 1.43. The number of carbonyl (C=O) groups excluding carboxylic acids is 2. The van der Waals surface area contributed by atoms with Crippen LogP contribution in [0.3, 0.4) is 0 Å². The summed E-state index contributed by atoms with van der Waals surface area (Å²) in [4.78, 5) is 26.3. The van der Waals surface area contributed by atoms with Gasteiger partial charge >= 0.3 is 6.09 Å². The second kappa shape index (κ2) is 8.06. The lowest BCUT2D eigenvalue weighted by Crippen LogP contribution is -2.49. The summed E-state index contributed by atoms with van der Waals surface area (Å²) >= 11 is 0. The summed E-state index contributed by atoms with van der Waals surface area (Å²) in [5, 5.41) is 2.82. The zero-order valence-electron chi connectivity index (χ0n) is 16.2. The van der Waals surface area contributed by atoms with Crippen LogP contribution in [-0.2, 0) is 9.53 Å². The minimum Gasteiger partial charge on any atom is -0.485 e. The normalized spacial score (nSPS) is 20.1. The largest absolute Gasteiger partial charge is 0.485 e. The van der Waals surface area contributed by atoms with E-state index < -0.39 is 17.8 Å². The summed E-state index contributed by atoms with van der Waals surface area (Å²) < 4.78 is 16.7. The van der Waals surface area contributed by atoms with Crippen LogP contribution >= 0.6 is 0 Å². The predicted molar refractivity (Wildman–Crippen MR) is 99.9 cm³/mol. The first kappa shape index (κ1) is 19.3. The van der Waals surface area contributed by atoms with Crippen molar-refractivity contribution in [3.8, 4) is 11.5 Å². The number of carbonyl (C=O) groups is 2. The molecule has 7 heteroatoms. The van der Waals surface area contributed by atoms with E-state index in [1.807, 2.05) is 49.9 Å². The van der Waals surface area contributed by atoms with Crippen molar-refractivity contribution in [3.63, 3.8) is 0 Å². The quantitative estimate of drug-likeness (QED) is 0.877. The van der Waals surface area contributed by atoms with Gasteiger partial charge in [-0.25, -0.2) is 4.79 Å². The van der Waals surface area contributed by atoms with Crippen molar-refractivity contribution in [1.82, 2.24) is 10.2 Å². The van der Waals surface area contributed by atoms with Gasteiger partial charge in [-0.3, -0.25) is 4.79 Å². The smallest absolute Gasteiger partial charge is 0.407 e. The van der Waals surface area contributed by atoms with Crippen molar-refractivity contribution >= 4 is 12.0 Å². The van der Waals surface area contributed by atoms with Gasteiger partial charge < -0.3 is 24.4 Å². The van der Waals surface area contributed by atoms with Gasteiger partial charge in [0.15, 0.2) is 11.5 Å². The van der Waals surface area contributed by atoms with Crippen LogP contribution in [0.15, 0.2) is 24.3 Å². The maximum absolute atomic E-state index is 12.7. The van der Waals surface area contributed by atoms with E-state index in [1.54, 1.807) is 0 Å². The van der Waals surface area contributed by atoms with Crippen LogP contribution in [-0.4, -0.2) is 54.8 Å². The predicted octanol–water partition coefficient (Wildman–Crippen LogP) is 2.59. The maximum Gasteiger partial charge on any atom is 0.407 e. The fourth-order valence-corrected chi connectivity index (χ4v) is 3.24. The number of amides is 2. The Morgan fingerprint density at radius 3 is 2.52 bits per heavy atom. The molecule has 1 saturated heterocycles. The first-order valence-corrected chi connectivity index (χ1v) is 9.46. The molecule has 27 heavy (non-hydrogen) atoms. The van der Waals surface area contributed by atoms with Gasteiger partial charge in [0.25, 0.3) is 5.91 Å². The van der Waals surface area contributed by atoms with Crippen LogP contribution in [0.5, 0.6) is 11.5 Å². The van der Waals surface area contributed by atoms with E-state index in [-0.39, 0.29) is 12.5 Å². The zero-order valence-corrected chi connectivity index (χ0v) is 16.2. The first-order valence-electron chi connectivity index (χ1n) is 9.46. The lowest BCUT2D eigenvalue weighted by Gasteiger charge is -2.35. The fourth-order valence-electron chi connectivity index (χ4n) is 3.24. The minimum absolute atomic E-state index is 0.0388. The zero-order chi connectivity index (χ0) is 19.4. The summed E-state index contributed by atoms with van der Waals surface area (Å²) in [7, 11) is 0. The topological polar surface area (TPSA) is 77.1 Å². The molecule has 2 aliphatic rings. The van der Waals surface area contributed by atoms with Crippen molar-refractivity contribution in [1.29, 1.82) is 0 Å². The highest BCUT2D eigenvalue weighted by Gasteiger charge is 2.33. The molecule has 1 fully saturated rings. The molecule has 2 amide bonds. The van der Waals surface area contributed by atoms with Crippen molar-refractivity contribution in [2.45, 2.75) is 45.3 Å². The van der Waals surface area contributed by atoms with Gasteiger partial charge in [-0.1, -0.05) is 12.1 Å². The number of para-hydroxylation sites is 2. The number of nitrogens with one attached hydrogen (secondary N) is 1. The van der Waals surface area contributed by atoms with E-state index in [4.69, 9.17) is 14.2 Å². The second-order valence-electron chi connectivity index (χ2n) is 8.02. The summed E-state index contributed by atoms with van der Waals surface area (Å²) in [6.45, 7) is 7.62. The van der Waals surface area contributed by atoms with E-state index in [1.165, 1.54) is 0 Å². The molecule has 0 unspecified atom stereocenters. The highest BCUT2D eigenvalue weighted by atomic mass is 16.6. The van der Waals surface area contributed by atoms with Crippen LogP contribution in [0, 0.1) is 5.92 Å². The Kier molecular flexibility index (Phi) is 5.77. The van der Waals surface area contributed by atoms with Crippen molar-refractivity contribution in [2.75, 3.05) is 26.2 Å². The molecule has 0 aliphatic carbocycles. The number of likely N-dealkylation sites (tertiary alicyclic amines) is 1. The van der Waals surface area contributed by atoms with Gasteiger partial charge in [0.05, 0.1) is 0 Å². The lowest BCUT2D eigenvalue weighted by molar-refractivity contribution is -0.142. The highest BCUT2D eigenvalue weighted by molar-refractivity contribution is 5.82. The Morgan fingerprint density at radius 1 is 1.19 bits per heavy atom. The summed E-state index contributed by atoms with van der Waals surface area (Å²) in [6.07, 6.45) is 0.681. The van der Waals surface area contributed by atoms with Gasteiger partial charge in [0, 0.05) is 19.6 Å². The fraction of sp³-hybridized carbons (Fsp3) is 0.600. The molecule has 0 radical (unpaired) electrons. The number of hydrogen-bond acceptors (Lipinski definition) is 5. The van der Waals surface area contributed by atoms with Crippen molar-refractivity contribution in [3.05, 3.63) is 24.3 Å². The number of rotatable bonds is 3. The van der Waals surface area contributed by atoms with E-state index >= 15 is 0 Å². The first-order chi connectivity index (χ1) is 12.8. The number of alkyl carbamates (subject to hydrolysis) is 1. The number of fused-ring (bicyclic) bond motifs is 1. The molecule has 1 aromatic carbocycles. The Labute approximate surface area is 160 Å². The molecule has 3 rings (SSSR count). The molecule has 0 spiro atoms. The maximum atomic E-state index is 12.7. The van der Waals surface area contributed by atoms with E-state index in [2.05, 4.69) is 5.32 Å². The van der Waals surface area contributed by atoms with E-state index in [9.17, 15) is 9.59 Å².